The Bertz CT molecular complexity index is 1710. The molecule has 3 N–H and O–H groups in total. The molecule has 1 saturated heterocycles. The van der Waals surface area contributed by atoms with Crippen molar-refractivity contribution in [3.63, 3.8) is 0 Å². The highest BCUT2D eigenvalue weighted by atomic mass is 19.4. The van der Waals surface area contributed by atoms with Gasteiger partial charge >= 0.3 is 12.1 Å². The van der Waals surface area contributed by atoms with Gasteiger partial charge in [0.25, 0.3) is 11.8 Å². The van der Waals surface area contributed by atoms with Crippen molar-refractivity contribution in [1.82, 2.24) is 9.78 Å². The van der Waals surface area contributed by atoms with Crippen LogP contribution in [0, 0.1) is 5.82 Å². The second kappa shape index (κ2) is 12.7. The second-order valence-corrected chi connectivity index (χ2v) is 10.5. The number of fused-ring (bicyclic) bond motifs is 1. The van der Waals surface area contributed by atoms with Crippen LogP contribution >= 0.6 is 0 Å². The molecule has 2 heterocycles. The Morgan fingerprint density at radius 3 is 2.34 bits per heavy atom. The van der Waals surface area contributed by atoms with E-state index in [2.05, 4.69) is 20.6 Å². The van der Waals surface area contributed by atoms with Crippen molar-refractivity contribution >= 4 is 45.7 Å². The number of benzene rings is 3. The number of anilines is 3. The number of aromatic nitrogens is 2. The Morgan fingerprint density at radius 2 is 1.61 bits per heavy atom. The number of carbonyl (C=O) groups is 3. The molecule has 3 aromatic carbocycles. The summed E-state index contributed by atoms with van der Waals surface area (Å²) in [4.78, 5) is 40.2. The first-order valence-electron chi connectivity index (χ1n) is 14.0. The Balaban J connectivity index is 1.47. The van der Waals surface area contributed by atoms with E-state index >= 15 is 0 Å². The molecule has 0 spiro atoms. The Labute approximate surface area is 249 Å². The van der Waals surface area contributed by atoms with E-state index in [4.69, 9.17) is 0 Å². The fourth-order valence-corrected chi connectivity index (χ4v) is 5.26. The highest BCUT2D eigenvalue weighted by Gasteiger charge is 2.28. The van der Waals surface area contributed by atoms with Crippen LogP contribution < -0.4 is 15.5 Å². The first-order valence-corrected chi connectivity index (χ1v) is 14.0. The zero-order valence-electron chi connectivity index (χ0n) is 23.5. The van der Waals surface area contributed by atoms with Crippen LogP contribution in [0.1, 0.15) is 52.1 Å². The maximum absolute atomic E-state index is 13.8. The monoisotopic (exact) mass is 611 g/mol. The molecular weight excluding hydrogens is 582 g/mol. The molecule has 13 heteroatoms. The zero-order valence-corrected chi connectivity index (χ0v) is 23.5. The molecule has 0 saturated carbocycles. The number of para-hydroxylation sites is 1. The molecule has 230 valence electrons. The maximum Gasteiger partial charge on any atom is 0.390 e. The highest BCUT2D eigenvalue weighted by molar-refractivity contribution is 6.13. The fourth-order valence-electron chi connectivity index (χ4n) is 5.26. The first-order chi connectivity index (χ1) is 21.0. The summed E-state index contributed by atoms with van der Waals surface area (Å²) < 4.78 is 53.8. The van der Waals surface area contributed by atoms with E-state index in [1.54, 1.807) is 36.4 Å². The zero-order chi connectivity index (χ0) is 31.4. The SMILES string of the molecule is O=C(O)Cc1cc(F)ccc1NC(=O)c1ccc(N2CCCCC2)c(NC(=O)c2nn(CCC(F)(F)F)c3ccccc23)c1. The van der Waals surface area contributed by atoms with Crippen molar-refractivity contribution in [3.8, 4) is 0 Å². The third kappa shape index (κ3) is 7.16. The summed E-state index contributed by atoms with van der Waals surface area (Å²) >= 11 is 0. The molecule has 0 unspecified atom stereocenters. The molecule has 1 aliphatic rings. The lowest BCUT2D eigenvalue weighted by Crippen LogP contribution is -2.30. The van der Waals surface area contributed by atoms with Gasteiger partial charge in [-0.25, -0.2) is 4.39 Å². The molecule has 9 nitrogen and oxygen atoms in total. The number of hydrogen-bond acceptors (Lipinski definition) is 5. The smallest absolute Gasteiger partial charge is 0.390 e. The number of aliphatic carboxylic acids is 1. The van der Waals surface area contributed by atoms with Crippen LogP contribution in [0.2, 0.25) is 0 Å². The van der Waals surface area contributed by atoms with E-state index in [-0.39, 0.29) is 22.5 Å². The van der Waals surface area contributed by atoms with E-state index in [9.17, 15) is 37.1 Å². The van der Waals surface area contributed by atoms with Crippen LogP contribution in [0.3, 0.4) is 0 Å². The van der Waals surface area contributed by atoms with Crippen LogP contribution in [0.4, 0.5) is 34.6 Å². The van der Waals surface area contributed by atoms with Gasteiger partial charge in [0, 0.05) is 29.7 Å². The number of nitrogens with one attached hydrogen (secondary N) is 2. The number of halogens is 4. The highest BCUT2D eigenvalue weighted by Crippen LogP contribution is 2.32. The molecule has 4 aromatic rings. The van der Waals surface area contributed by atoms with Crippen LogP contribution in [0.25, 0.3) is 10.9 Å². The molecule has 5 rings (SSSR count). The van der Waals surface area contributed by atoms with Gasteiger partial charge in [-0.2, -0.15) is 18.3 Å². The maximum atomic E-state index is 13.8. The number of rotatable bonds is 9. The quantitative estimate of drug-likeness (QED) is 0.193. The number of alkyl halides is 3. The summed E-state index contributed by atoms with van der Waals surface area (Å²) in [6.07, 6.45) is -3.11. The molecule has 1 aromatic heterocycles. The molecule has 44 heavy (non-hydrogen) atoms. The van der Waals surface area contributed by atoms with E-state index in [1.807, 2.05) is 0 Å². The summed E-state index contributed by atoms with van der Waals surface area (Å²) in [5, 5.41) is 19.2. The average Bonchev–Trinajstić information content (AvgIpc) is 3.36. The summed E-state index contributed by atoms with van der Waals surface area (Å²) in [5.74, 6) is -3.13. The molecule has 1 fully saturated rings. The molecule has 0 aliphatic carbocycles. The molecule has 0 bridgehead atoms. The van der Waals surface area contributed by atoms with Gasteiger partial charge in [0.2, 0.25) is 0 Å². The second-order valence-electron chi connectivity index (χ2n) is 10.5. The lowest BCUT2D eigenvalue weighted by molar-refractivity contribution is -0.137. The van der Waals surface area contributed by atoms with Crippen molar-refractivity contribution in [2.75, 3.05) is 28.6 Å². The van der Waals surface area contributed by atoms with Gasteiger partial charge in [-0.1, -0.05) is 18.2 Å². The van der Waals surface area contributed by atoms with Crippen LogP contribution in [-0.4, -0.2) is 51.9 Å². The van der Waals surface area contributed by atoms with E-state index in [1.165, 1.54) is 12.1 Å². The minimum Gasteiger partial charge on any atom is -0.481 e. The van der Waals surface area contributed by atoms with Crippen molar-refractivity contribution in [2.45, 2.75) is 44.8 Å². The minimum absolute atomic E-state index is 0.0631. The Morgan fingerprint density at radius 1 is 0.886 bits per heavy atom. The topological polar surface area (TPSA) is 117 Å². The number of carboxylic acids is 1. The van der Waals surface area contributed by atoms with Gasteiger partial charge in [0.05, 0.1) is 36.3 Å². The van der Waals surface area contributed by atoms with Gasteiger partial charge in [-0.15, -0.1) is 0 Å². The van der Waals surface area contributed by atoms with Crippen molar-refractivity contribution in [3.05, 3.63) is 83.3 Å². The van der Waals surface area contributed by atoms with Gasteiger partial charge in [0.15, 0.2) is 5.69 Å². The lowest BCUT2D eigenvalue weighted by atomic mass is 10.1. The van der Waals surface area contributed by atoms with Gasteiger partial charge in [0.1, 0.15) is 5.82 Å². The predicted octanol–water partition coefficient (Wildman–Crippen LogP) is 6.25. The average molecular weight is 612 g/mol. The molecule has 1 aliphatic heterocycles. The van der Waals surface area contributed by atoms with Gasteiger partial charge in [-0.3, -0.25) is 19.1 Å². The first kappa shape index (κ1) is 30.5. The molecule has 2 amide bonds. The van der Waals surface area contributed by atoms with Crippen molar-refractivity contribution in [1.29, 1.82) is 0 Å². The van der Waals surface area contributed by atoms with Crippen LogP contribution in [0.15, 0.2) is 60.7 Å². The van der Waals surface area contributed by atoms with Gasteiger partial charge in [-0.05, 0) is 67.3 Å². The summed E-state index contributed by atoms with van der Waals surface area (Å²) in [6.45, 7) is 0.980. The largest absolute Gasteiger partial charge is 0.481 e. The summed E-state index contributed by atoms with van der Waals surface area (Å²) in [7, 11) is 0. The molecular formula is C31H29F4N5O4. The van der Waals surface area contributed by atoms with Crippen LogP contribution in [-0.2, 0) is 17.8 Å². The number of carboxylic acid groups (broad SMARTS) is 1. The van der Waals surface area contributed by atoms with Gasteiger partial charge < -0.3 is 20.6 Å². The van der Waals surface area contributed by atoms with Crippen molar-refractivity contribution < 1.29 is 37.1 Å². The molecule has 0 radical (unpaired) electrons. The number of aryl methyl sites for hydroxylation is 1. The number of carbonyl (C=O) groups excluding carboxylic acids is 2. The standard InChI is InChI=1S/C31H29F4N5O4/c32-21-9-10-23(20(16-21)18-27(41)42)36-29(43)19-8-11-26(39-13-4-1-5-14-39)24(17-19)37-30(44)28-22-6-2-3-7-25(22)40(38-28)15-12-31(33,34)35/h2-3,6-11,16-17H,1,4-5,12-15,18H2,(H,36,43)(H,37,44)(H,41,42). The van der Waals surface area contributed by atoms with E-state index in [0.29, 0.717) is 22.3 Å². The number of hydrogen-bond donors (Lipinski definition) is 3. The number of nitrogens with zero attached hydrogens (tertiary/aromatic N) is 3. The number of piperidine rings is 1. The molecule has 0 atom stereocenters. The normalized spacial score (nSPS) is 13.6. The fraction of sp³-hybridized carbons (Fsp3) is 0.290. The minimum atomic E-state index is -4.40. The van der Waals surface area contributed by atoms with E-state index in [0.717, 1.165) is 49.2 Å². The third-order valence-electron chi connectivity index (χ3n) is 7.34. The Kier molecular flexibility index (Phi) is 8.83. The number of amides is 2. The summed E-state index contributed by atoms with van der Waals surface area (Å²) in [6, 6.07) is 14.6. The van der Waals surface area contributed by atoms with E-state index < -0.39 is 49.2 Å². The lowest BCUT2D eigenvalue weighted by Gasteiger charge is -2.30. The third-order valence-corrected chi connectivity index (χ3v) is 7.34. The summed E-state index contributed by atoms with van der Waals surface area (Å²) in [5.41, 5.74) is 1.60. The predicted molar refractivity (Wildman–Crippen MR) is 157 cm³/mol. The Hall–Kier alpha value is -4.94. The van der Waals surface area contributed by atoms with Crippen molar-refractivity contribution in [2.24, 2.45) is 0 Å². The van der Waals surface area contributed by atoms with Crippen LogP contribution in [0.5, 0.6) is 0 Å².